The highest BCUT2D eigenvalue weighted by atomic mass is 127. The Kier molecular flexibility index (Phi) is 8.32. The van der Waals surface area contributed by atoms with E-state index in [1.54, 1.807) is 20.5 Å². The molecule has 0 spiro atoms. The summed E-state index contributed by atoms with van der Waals surface area (Å²) >= 11 is 0. The first-order chi connectivity index (χ1) is 15.2. The van der Waals surface area contributed by atoms with Crippen LogP contribution in [0.1, 0.15) is 23.9 Å². The third-order valence-corrected chi connectivity index (χ3v) is 5.38. The van der Waals surface area contributed by atoms with Gasteiger partial charge in [0.1, 0.15) is 12.9 Å². The minimum absolute atomic E-state index is 0. The summed E-state index contributed by atoms with van der Waals surface area (Å²) in [5.74, 6) is 3.19. The molecule has 4 rings (SSSR count). The van der Waals surface area contributed by atoms with Crippen molar-refractivity contribution in [3.63, 3.8) is 0 Å². The highest BCUT2D eigenvalue weighted by Gasteiger charge is 2.22. The largest absolute Gasteiger partial charge is 0.493 e. The molecule has 2 heterocycles. The molecule has 3 aromatic rings. The van der Waals surface area contributed by atoms with Gasteiger partial charge in [-0.25, -0.2) is 4.99 Å². The van der Waals surface area contributed by atoms with Crippen LogP contribution in [-0.2, 0) is 19.5 Å². The fraction of sp³-hybridized carbons (Fsp3) is 0.348. The Morgan fingerprint density at radius 1 is 1.09 bits per heavy atom. The molecule has 170 valence electrons. The SMILES string of the molecule is CCNC(=NCc1nncn1-c1ccccc1)N1CCc2cc(OC)c(OC)cc2C1.I. The van der Waals surface area contributed by atoms with Crippen LogP contribution in [0.25, 0.3) is 5.69 Å². The number of hydrogen-bond donors (Lipinski definition) is 1. The van der Waals surface area contributed by atoms with E-state index in [-0.39, 0.29) is 24.0 Å². The Hall–Kier alpha value is -2.82. The van der Waals surface area contributed by atoms with E-state index in [4.69, 9.17) is 14.5 Å². The van der Waals surface area contributed by atoms with Gasteiger partial charge in [0, 0.05) is 25.3 Å². The molecule has 9 heteroatoms. The third-order valence-electron chi connectivity index (χ3n) is 5.38. The van der Waals surface area contributed by atoms with Crippen molar-refractivity contribution < 1.29 is 9.47 Å². The second-order valence-electron chi connectivity index (χ2n) is 7.27. The van der Waals surface area contributed by atoms with Gasteiger partial charge in [0.15, 0.2) is 23.3 Å². The van der Waals surface area contributed by atoms with E-state index in [0.717, 1.165) is 55.0 Å². The number of methoxy groups -OCH3 is 2. The van der Waals surface area contributed by atoms with E-state index >= 15 is 0 Å². The number of guanidine groups is 1. The molecule has 0 unspecified atom stereocenters. The van der Waals surface area contributed by atoms with Gasteiger partial charge in [-0.2, -0.15) is 0 Å². The lowest BCUT2D eigenvalue weighted by Gasteiger charge is -2.32. The second kappa shape index (κ2) is 11.2. The molecule has 0 amide bonds. The number of benzene rings is 2. The lowest BCUT2D eigenvalue weighted by atomic mass is 9.99. The standard InChI is InChI=1S/C23H28N6O2.HI/c1-4-24-23(25-14-22-27-26-16-29(22)19-8-6-5-7-9-19)28-11-10-17-12-20(30-2)21(31-3)13-18(17)15-28;/h5-9,12-13,16H,4,10-11,14-15H2,1-3H3,(H,24,25);1H. The summed E-state index contributed by atoms with van der Waals surface area (Å²) in [6.07, 6.45) is 2.64. The van der Waals surface area contributed by atoms with Crippen LogP contribution in [0.2, 0.25) is 0 Å². The van der Waals surface area contributed by atoms with Gasteiger partial charge in [0.25, 0.3) is 0 Å². The van der Waals surface area contributed by atoms with Crippen LogP contribution >= 0.6 is 24.0 Å². The maximum Gasteiger partial charge on any atom is 0.194 e. The van der Waals surface area contributed by atoms with Gasteiger partial charge >= 0.3 is 0 Å². The van der Waals surface area contributed by atoms with Crippen molar-refractivity contribution in [2.75, 3.05) is 27.3 Å². The fourth-order valence-electron chi connectivity index (χ4n) is 3.81. The zero-order valence-electron chi connectivity index (χ0n) is 18.6. The zero-order valence-corrected chi connectivity index (χ0v) is 20.9. The van der Waals surface area contributed by atoms with Crippen molar-refractivity contribution in [2.45, 2.75) is 26.4 Å². The van der Waals surface area contributed by atoms with Crippen LogP contribution in [0.4, 0.5) is 0 Å². The van der Waals surface area contributed by atoms with Crippen LogP contribution < -0.4 is 14.8 Å². The molecule has 0 atom stereocenters. The number of nitrogens with one attached hydrogen (secondary N) is 1. The number of nitrogens with zero attached hydrogens (tertiary/aromatic N) is 5. The van der Waals surface area contributed by atoms with Crippen molar-refractivity contribution in [1.82, 2.24) is 25.0 Å². The number of aliphatic imine (C=N–C) groups is 1. The predicted octanol–water partition coefficient (Wildman–Crippen LogP) is 3.43. The first kappa shape index (κ1) is 23.8. The summed E-state index contributed by atoms with van der Waals surface area (Å²) in [4.78, 5) is 7.13. The van der Waals surface area contributed by atoms with Crippen LogP contribution in [-0.4, -0.2) is 52.9 Å². The Balaban J connectivity index is 0.00000289. The predicted molar refractivity (Wildman–Crippen MR) is 135 cm³/mol. The van der Waals surface area contributed by atoms with Crippen molar-refractivity contribution >= 4 is 29.9 Å². The summed E-state index contributed by atoms with van der Waals surface area (Å²) in [7, 11) is 3.34. The van der Waals surface area contributed by atoms with Crippen molar-refractivity contribution in [3.8, 4) is 17.2 Å². The van der Waals surface area contributed by atoms with Crippen LogP contribution in [0, 0.1) is 0 Å². The van der Waals surface area contributed by atoms with Crippen LogP contribution in [0.5, 0.6) is 11.5 Å². The van der Waals surface area contributed by atoms with Gasteiger partial charge in [-0.05, 0) is 48.7 Å². The first-order valence-electron chi connectivity index (χ1n) is 10.4. The number of halogens is 1. The Bertz CT molecular complexity index is 1050. The van der Waals surface area contributed by atoms with Gasteiger partial charge < -0.3 is 19.7 Å². The molecule has 32 heavy (non-hydrogen) atoms. The molecule has 1 aromatic heterocycles. The monoisotopic (exact) mass is 548 g/mol. The molecule has 0 bridgehead atoms. The Morgan fingerprint density at radius 2 is 1.81 bits per heavy atom. The van der Waals surface area contributed by atoms with Gasteiger partial charge in [0.2, 0.25) is 0 Å². The van der Waals surface area contributed by atoms with E-state index in [1.807, 2.05) is 34.9 Å². The quantitative estimate of drug-likeness (QED) is 0.289. The average molecular weight is 548 g/mol. The van der Waals surface area contributed by atoms with E-state index in [9.17, 15) is 0 Å². The highest BCUT2D eigenvalue weighted by Crippen LogP contribution is 2.33. The minimum Gasteiger partial charge on any atom is -0.493 e. The normalized spacial score (nSPS) is 13.2. The molecule has 0 saturated heterocycles. The van der Waals surface area contributed by atoms with E-state index in [0.29, 0.717) is 6.54 Å². The molecule has 1 aliphatic rings. The minimum atomic E-state index is 0. The summed E-state index contributed by atoms with van der Waals surface area (Å²) in [5, 5.41) is 11.8. The maximum absolute atomic E-state index is 5.49. The van der Waals surface area contributed by atoms with Crippen molar-refractivity contribution in [1.29, 1.82) is 0 Å². The number of rotatable bonds is 6. The smallest absolute Gasteiger partial charge is 0.194 e. The molecule has 2 aromatic carbocycles. The topological polar surface area (TPSA) is 76.8 Å². The number of ether oxygens (including phenoxy) is 2. The number of hydrogen-bond acceptors (Lipinski definition) is 5. The maximum atomic E-state index is 5.49. The second-order valence-corrected chi connectivity index (χ2v) is 7.27. The lowest BCUT2D eigenvalue weighted by Crippen LogP contribution is -2.44. The molecular formula is C23H29IN6O2. The van der Waals surface area contributed by atoms with Crippen LogP contribution in [0.3, 0.4) is 0 Å². The van der Waals surface area contributed by atoms with E-state index in [2.05, 4.69) is 39.5 Å². The number of fused-ring (bicyclic) bond motifs is 1. The van der Waals surface area contributed by atoms with Gasteiger partial charge in [-0.15, -0.1) is 34.2 Å². The zero-order chi connectivity index (χ0) is 21.6. The Labute approximate surface area is 205 Å². The van der Waals surface area contributed by atoms with Gasteiger partial charge in [0.05, 0.1) is 14.2 Å². The van der Waals surface area contributed by atoms with Gasteiger partial charge in [-0.3, -0.25) is 4.57 Å². The molecular weight excluding hydrogens is 519 g/mol. The molecule has 1 aliphatic heterocycles. The first-order valence-corrected chi connectivity index (χ1v) is 10.4. The summed E-state index contributed by atoms with van der Waals surface area (Å²) < 4.78 is 12.9. The molecule has 0 saturated carbocycles. The van der Waals surface area contributed by atoms with Crippen molar-refractivity contribution in [3.05, 3.63) is 65.7 Å². The van der Waals surface area contributed by atoms with E-state index in [1.165, 1.54) is 11.1 Å². The number of para-hydroxylation sites is 1. The molecule has 0 aliphatic carbocycles. The summed E-state index contributed by atoms with van der Waals surface area (Å²) in [5.41, 5.74) is 3.53. The summed E-state index contributed by atoms with van der Waals surface area (Å²) in [6, 6.07) is 14.2. The number of aromatic nitrogens is 3. The summed E-state index contributed by atoms with van der Waals surface area (Å²) in [6.45, 7) is 4.94. The fourth-order valence-corrected chi connectivity index (χ4v) is 3.81. The third kappa shape index (κ3) is 5.14. The molecule has 1 N–H and O–H groups in total. The van der Waals surface area contributed by atoms with Gasteiger partial charge in [-0.1, -0.05) is 18.2 Å². The molecule has 0 fully saturated rings. The lowest BCUT2D eigenvalue weighted by molar-refractivity contribution is 0.346. The van der Waals surface area contributed by atoms with E-state index < -0.39 is 0 Å². The molecule has 0 radical (unpaired) electrons. The highest BCUT2D eigenvalue weighted by molar-refractivity contribution is 14.0. The Morgan fingerprint density at radius 3 is 2.50 bits per heavy atom. The molecule has 8 nitrogen and oxygen atoms in total. The average Bonchev–Trinajstić information content (AvgIpc) is 3.29. The van der Waals surface area contributed by atoms with Crippen molar-refractivity contribution in [2.24, 2.45) is 4.99 Å². The van der Waals surface area contributed by atoms with Crippen LogP contribution in [0.15, 0.2) is 53.8 Å².